The van der Waals surface area contributed by atoms with Crippen molar-refractivity contribution in [3.05, 3.63) is 48.4 Å². The van der Waals surface area contributed by atoms with Gasteiger partial charge in [0.05, 0.1) is 23.4 Å². The van der Waals surface area contributed by atoms with Crippen LogP contribution in [0.3, 0.4) is 0 Å². The minimum Gasteiger partial charge on any atom is -0.397 e. The maximum absolute atomic E-state index is 5.95. The smallest absolute Gasteiger partial charge is 0.0951 e. The summed E-state index contributed by atoms with van der Waals surface area (Å²) in [5, 5.41) is 11.3. The van der Waals surface area contributed by atoms with Crippen molar-refractivity contribution in [2.24, 2.45) is 0 Å². The van der Waals surface area contributed by atoms with Gasteiger partial charge in [0.1, 0.15) is 0 Å². The number of nitrogens with one attached hydrogen (secondary N) is 2. The van der Waals surface area contributed by atoms with E-state index in [2.05, 4.69) is 27.4 Å². The molecule has 0 fully saturated rings. The SMILES string of the molecule is CC(Nc1ccc(N)c2ncccc12)c1cn[nH]c1. The van der Waals surface area contributed by atoms with E-state index in [0.29, 0.717) is 5.69 Å². The fraction of sp³-hybridized carbons (Fsp3) is 0.143. The van der Waals surface area contributed by atoms with E-state index in [4.69, 9.17) is 5.73 Å². The number of nitrogen functional groups attached to an aromatic ring is 1. The van der Waals surface area contributed by atoms with Gasteiger partial charge in [0, 0.05) is 29.0 Å². The molecule has 1 aromatic carbocycles. The lowest BCUT2D eigenvalue weighted by atomic mass is 10.1. The Morgan fingerprint density at radius 1 is 1.32 bits per heavy atom. The van der Waals surface area contributed by atoms with E-state index in [0.717, 1.165) is 22.2 Å². The number of aromatic nitrogens is 3. The van der Waals surface area contributed by atoms with Crippen LogP contribution in [0.2, 0.25) is 0 Å². The number of pyridine rings is 1. The van der Waals surface area contributed by atoms with E-state index >= 15 is 0 Å². The Balaban J connectivity index is 2.00. The van der Waals surface area contributed by atoms with Crippen molar-refractivity contribution < 1.29 is 0 Å². The van der Waals surface area contributed by atoms with Crippen molar-refractivity contribution in [2.45, 2.75) is 13.0 Å². The molecule has 3 aromatic rings. The van der Waals surface area contributed by atoms with Gasteiger partial charge < -0.3 is 11.1 Å². The van der Waals surface area contributed by atoms with Gasteiger partial charge in [-0.2, -0.15) is 5.10 Å². The molecular weight excluding hydrogens is 238 g/mol. The molecule has 0 spiro atoms. The van der Waals surface area contributed by atoms with E-state index in [1.807, 2.05) is 36.7 Å². The summed E-state index contributed by atoms with van der Waals surface area (Å²) < 4.78 is 0. The first-order valence-corrected chi connectivity index (χ1v) is 6.14. The average Bonchev–Trinajstić information content (AvgIpc) is 2.96. The van der Waals surface area contributed by atoms with Gasteiger partial charge in [-0.05, 0) is 31.2 Å². The zero-order valence-corrected chi connectivity index (χ0v) is 10.6. The second-order valence-electron chi connectivity index (χ2n) is 4.50. The van der Waals surface area contributed by atoms with Gasteiger partial charge in [-0.25, -0.2) is 0 Å². The molecule has 2 aromatic heterocycles. The molecular formula is C14H15N5. The highest BCUT2D eigenvalue weighted by Crippen LogP contribution is 2.29. The molecule has 2 heterocycles. The summed E-state index contributed by atoms with van der Waals surface area (Å²) in [5.74, 6) is 0. The standard InChI is InChI=1S/C14H15N5/c1-9(10-7-17-18-8-10)19-13-5-4-12(15)14-11(13)3-2-6-16-14/h2-9,19H,15H2,1H3,(H,17,18). The quantitative estimate of drug-likeness (QED) is 0.627. The first kappa shape index (κ1) is 11.5. The summed E-state index contributed by atoms with van der Waals surface area (Å²) in [6.07, 6.45) is 5.45. The maximum Gasteiger partial charge on any atom is 0.0951 e. The van der Waals surface area contributed by atoms with E-state index in [1.165, 1.54) is 0 Å². The van der Waals surface area contributed by atoms with Crippen LogP contribution < -0.4 is 11.1 Å². The van der Waals surface area contributed by atoms with Crippen molar-refractivity contribution in [2.75, 3.05) is 11.1 Å². The first-order chi connectivity index (χ1) is 9.25. The zero-order chi connectivity index (χ0) is 13.2. The summed E-state index contributed by atoms with van der Waals surface area (Å²) in [4.78, 5) is 4.33. The minimum absolute atomic E-state index is 0.158. The molecule has 5 nitrogen and oxygen atoms in total. The summed E-state index contributed by atoms with van der Waals surface area (Å²) in [6.45, 7) is 2.09. The minimum atomic E-state index is 0.158. The molecule has 96 valence electrons. The topological polar surface area (TPSA) is 79.6 Å². The van der Waals surface area contributed by atoms with Crippen molar-refractivity contribution in [1.29, 1.82) is 0 Å². The molecule has 0 saturated heterocycles. The highest BCUT2D eigenvalue weighted by atomic mass is 15.1. The number of anilines is 2. The van der Waals surface area contributed by atoms with Crippen molar-refractivity contribution in [3.63, 3.8) is 0 Å². The molecule has 3 rings (SSSR count). The van der Waals surface area contributed by atoms with Gasteiger partial charge in [-0.1, -0.05) is 0 Å². The Kier molecular flexibility index (Phi) is 2.79. The monoisotopic (exact) mass is 253 g/mol. The predicted octanol–water partition coefficient (Wildman–Crippen LogP) is 2.71. The fourth-order valence-corrected chi connectivity index (χ4v) is 2.13. The van der Waals surface area contributed by atoms with E-state index in [9.17, 15) is 0 Å². The number of rotatable bonds is 3. The zero-order valence-electron chi connectivity index (χ0n) is 10.6. The van der Waals surface area contributed by atoms with Gasteiger partial charge in [0.25, 0.3) is 0 Å². The summed E-state index contributed by atoms with van der Waals surface area (Å²) in [7, 11) is 0. The highest BCUT2D eigenvalue weighted by Gasteiger charge is 2.09. The van der Waals surface area contributed by atoms with Crippen LogP contribution in [0.25, 0.3) is 10.9 Å². The summed E-state index contributed by atoms with van der Waals surface area (Å²) >= 11 is 0. The number of nitrogens with two attached hydrogens (primary N) is 1. The number of benzene rings is 1. The summed E-state index contributed by atoms with van der Waals surface area (Å²) in [5.41, 5.74) is 9.59. The van der Waals surface area contributed by atoms with Crippen molar-refractivity contribution >= 4 is 22.3 Å². The Labute approximate surface area is 110 Å². The van der Waals surface area contributed by atoms with Crippen LogP contribution in [0, 0.1) is 0 Å². The number of hydrogen-bond acceptors (Lipinski definition) is 4. The molecule has 0 aliphatic carbocycles. The molecule has 19 heavy (non-hydrogen) atoms. The average molecular weight is 253 g/mol. The Bertz CT molecular complexity index is 690. The maximum atomic E-state index is 5.95. The second-order valence-corrected chi connectivity index (χ2v) is 4.50. The molecule has 1 unspecified atom stereocenters. The van der Waals surface area contributed by atoms with Crippen LogP contribution >= 0.6 is 0 Å². The van der Waals surface area contributed by atoms with Gasteiger partial charge in [-0.3, -0.25) is 10.1 Å². The van der Waals surface area contributed by atoms with Crippen molar-refractivity contribution in [3.8, 4) is 0 Å². The number of nitrogens with zero attached hydrogens (tertiary/aromatic N) is 2. The van der Waals surface area contributed by atoms with Crippen LogP contribution in [0.4, 0.5) is 11.4 Å². The molecule has 0 radical (unpaired) electrons. The van der Waals surface area contributed by atoms with Gasteiger partial charge in [0.2, 0.25) is 0 Å². The Hall–Kier alpha value is -2.56. The molecule has 5 heteroatoms. The van der Waals surface area contributed by atoms with Crippen LogP contribution in [-0.4, -0.2) is 15.2 Å². The van der Waals surface area contributed by atoms with E-state index in [1.54, 1.807) is 6.20 Å². The third-order valence-electron chi connectivity index (χ3n) is 3.19. The lowest BCUT2D eigenvalue weighted by Crippen LogP contribution is -2.06. The molecule has 0 aliphatic rings. The van der Waals surface area contributed by atoms with E-state index < -0.39 is 0 Å². The number of aromatic amines is 1. The van der Waals surface area contributed by atoms with Crippen LogP contribution in [0.15, 0.2) is 42.9 Å². The normalized spacial score (nSPS) is 12.5. The highest BCUT2D eigenvalue weighted by molar-refractivity contribution is 5.98. The first-order valence-electron chi connectivity index (χ1n) is 6.14. The summed E-state index contributed by atoms with van der Waals surface area (Å²) in [6, 6.07) is 7.94. The molecule has 0 saturated carbocycles. The second kappa shape index (κ2) is 4.61. The van der Waals surface area contributed by atoms with Gasteiger partial charge in [-0.15, -0.1) is 0 Å². The van der Waals surface area contributed by atoms with Crippen molar-refractivity contribution in [1.82, 2.24) is 15.2 Å². The predicted molar refractivity (Wildman–Crippen MR) is 76.8 cm³/mol. The third kappa shape index (κ3) is 2.10. The van der Waals surface area contributed by atoms with Gasteiger partial charge in [0.15, 0.2) is 0 Å². The molecule has 4 N–H and O–H groups in total. The Morgan fingerprint density at radius 3 is 3.00 bits per heavy atom. The van der Waals surface area contributed by atoms with Crippen LogP contribution in [0.5, 0.6) is 0 Å². The molecule has 0 bridgehead atoms. The van der Waals surface area contributed by atoms with Crippen LogP contribution in [-0.2, 0) is 0 Å². The number of hydrogen-bond donors (Lipinski definition) is 3. The molecule has 0 amide bonds. The number of H-pyrrole nitrogens is 1. The largest absolute Gasteiger partial charge is 0.397 e. The number of fused-ring (bicyclic) bond motifs is 1. The fourth-order valence-electron chi connectivity index (χ4n) is 2.13. The third-order valence-corrected chi connectivity index (χ3v) is 3.19. The van der Waals surface area contributed by atoms with E-state index in [-0.39, 0.29) is 6.04 Å². The lowest BCUT2D eigenvalue weighted by Gasteiger charge is -2.16. The van der Waals surface area contributed by atoms with Crippen LogP contribution in [0.1, 0.15) is 18.5 Å². The van der Waals surface area contributed by atoms with Gasteiger partial charge >= 0.3 is 0 Å². The lowest BCUT2D eigenvalue weighted by molar-refractivity contribution is 0.888. The Morgan fingerprint density at radius 2 is 2.21 bits per heavy atom. The molecule has 1 atom stereocenters. The molecule has 0 aliphatic heterocycles.